The van der Waals surface area contributed by atoms with E-state index in [0.29, 0.717) is 23.3 Å². The van der Waals surface area contributed by atoms with E-state index in [9.17, 15) is 0 Å². The maximum Gasteiger partial charge on any atom is 0.203 e. The Morgan fingerprint density at radius 2 is 1.55 bits per heavy atom. The van der Waals surface area contributed by atoms with Crippen molar-refractivity contribution < 1.29 is 14.2 Å². The van der Waals surface area contributed by atoms with Crippen molar-refractivity contribution in [2.45, 2.75) is 26.4 Å². The van der Waals surface area contributed by atoms with Crippen molar-refractivity contribution >= 4 is 0 Å². The largest absolute Gasteiger partial charge is 0.493 e. The van der Waals surface area contributed by atoms with Crippen molar-refractivity contribution in [2.24, 2.45) is 0 Å². The third-order valence-electron chi connectivity index (χ3n) is 2.91. The number of hydrogen-bond acceptors (Lipinski definition) is 5. The molecule has 0 amide bonds. The van der Waals surface area contributed by atoms with Crippen LogP contribution in [0.3, 0.4) is 0 Å². The molecule has 0 saturated heterocycles. The van der Waals surface area contributed by atoms with Crippen LogP contribution in [0.4, 0.5) is 0 Å². The van der Waals surface area contributed by atoms with Crippen LogP contribution in [0, 0.1) is 0 Å². The molecule has 0 spiro atoms. The number of methoxy groups -OCH3 is 3. The van der Waals surface area contributed by atoms with E-state index in [1.54, 1.807) is 21.3 Å². The number of rotatable bonds is 9. The fourth-order valence-corrected chi connectivity index (χ4v) is 1.92. The Labute approximate surface area is 121 Å². The van der Waals surface area contributed by atoms with E-state index in [4.69, 9.17) is 14.2 Å². The Hall–Kier alpha value is -1.46. The van der Waals surface area contributed by atoms with Crippen molar-refractivity contribution in [3.63, 3.8) is 0 Å². The highest BCUT2D eigenvalue weighted by molar-refractivity contribution is 5.53. The summed E-state index contributed by atoms with van der Waals surface area (Å²) in [7, 11) is 4.86. The van der Waals surface area contributed by atoms with Gasteiger partial charge in [-0.1, -0.05) is 13.8 Å². The lowest BCUT2D eigenvalue weighted by atomic mass is 10.1. The smallest absolute Gasteiger partial charge is 0.203 e. The lowest BCUT2D eigenvalue weighted by molar-refractivity contribution is 0.323. The fraction of sp³-hybridized carbons (Fsp3) is 0.600. The van der Waals surface area contributed by atoms with Gasteiger partial charge in [-0.25, -0.2) is 0 Å². The lowest BCUT2D eigenvalue weighted by Crippen LogP contribution is -2.31. The molecule has 114 valence electrons. The summed E-state index contributed by atoms with van der Waals surface area (Å²) in [5.41, 5.74) is 1.10. The van der Waals surface area contributed by atoms with Gasteiger partial charge >= 0.3 is 0 Å². The van der Waals surface area contributed by atoms with E-state index in [1.165, 1.54) is 0 Å². The minimum Gasteiger partial charge on any atom is -0.493 e. The molecule has 0 heterocycles. The summed E-state index contributed by atoms with van der Waals surface area (Å²) in [6.45, 7) is 6.89. The Balaban J connectivity index is 2.62. The Morgan fingerprint density at radius 3 is 2.00 bits per heavy atom. The molecule has 1 aromatic rings. The van der Waals surface area contributed by atoms with Crippen molar-refractivity contribution in [1.29, 1.82) is 0 Å². The van der Waals surface area contributed by atoms with Gasteiger partial charge in [-0.15, -0.1) is 0 Å². The van der Waals surface area contributed by atoms with Crippen LogP contribution in [0.2, 0.25) is 0 Å². The number of benzene rings is 1. The zero-order chi connectivity index (χ0) is 15.0. The molecule has 0 bridgehead atoms. The summed E-state index contributed by atoms with van der Waals surface area (Å²) >= 11 is 0. The molecular weight excluding hydrogens is 256 g/mol. The van der Waals surface area contributed by atoms with Crippen molar-refractivity contribution in [2.75, 3.05) is 34.4 Å². The fourth-order valence-electron chi connectivity index (χ4n) is 1.92. The standard InChI is InChI=1S/C15H26N2O3/c1-11(2)17-7-6-16-10-12-8-13(18-3)15(20-5)14(9-12)19-4/h8-9,11,16-17H,6-7,10H2,1-5H3. The summed E-state index contributed by atoms with van der Waals surface area (Å²) in [5, 5.41) is 6.75. The van der Waals surface area contributed by atoms with Crippen molar-refractivity contribution in [3.05, 3.63) is 17.7 Å². The highest BCUT2D eigenvalue weighted by Gasteiger charge is 2.12. The van der Waals surface area contributed by atoms with Gasteiger partial charge < -0.3 is 24.8 Å². The zero-order valence-electron chi connectivity index (χ0n) is 13.1. The van der Waals surface area contributed by atoms with Crippen molar-refractivity contribution in [1.82, 2.24) is 10.6 Å². The molecule has 0 unspecified atom stereocenters. The van der Waals surface area contributed by atoms with Gasteiger partial charge in [-0.05, 0) is 17.7 Å². The van der Waals surface area contributed by atoms with Gasteiger partial charge in [0.05, 0.1) is 21.3 Å². The molecule has 0 aliphatic heterocycles. The van der Waals surface area contributed by atoms with Gasteiger partial charge in [-0.3, -0.25) is 0 Å². The first-order valence-corrected chi connectivity index (χ1v) is 6.85. The monoisotopic (exact) mass is 282 g/mol. The normalized spacial score (nSPS) is 10.7. The topological polar surface area (TPSA) is 51.8 Å². The highest BCUT2D eigenvalue weighted by atomic mass is 16.5. The van der Waals surface area contributed by atoms with E-state index in [-0.39, 0.29) is 0 Å². The van der Waals surface area contributed by atoms with Crippen LogP contribution in [-0.4, -0.2) is 40.5 Å². The molecule has 20 heavy (non-hydrogen) atoms. The molecule has 0 saturated carbocycles. The summed E-state index contributed by atoms with van der Waals surface area (Å²) in [4.78, 5) is 0. The van der Waals surface area contributed by atoms with Crippen LogP contribution in [0.25, 0.3) is 0 Å². The molecule has 2 N–H and O–H groups in total. The van der Waals surface area contributed by atoms with Crippen LogP contribution < -0.4 is 24.8 Å². The first-order chi connectivity index (χ1) is 9.62. The molecule has 0 atom stereocenters. The first-order valence-electron chi connectivity index (χ1n) is 6.85. The van der Waals surface area contributed by atoms with Gasteiger partial charge in [0.2, 0.25) is 5.75 Å². The number of ether oxygens (including phenoxy) is 3. The first kappa shape index (κ1) is 16.6. The van der Waals surface area contributed by atoms with Crippen LogP contribution >= 0.6 is 0 Å². The van der Waals surface area contributed by atoms with Gasteiger partial charge in [0.1, 0.15) is 0 Å². The maximum absolute atomic E-state index is 5.33. The third-order valence-corrected chi connectivity index (χ3v) is 2.91. The molecule has 1 aromatic carbocycles. The molecular formula is C15H26N2O3. The van der Waals surface area contributed by atoms with Gasteiger partial charge in [0.15, 0.2) is 11.5 Å². The number of nitrogens with one attached hydrogen (secondary N) is 2. The second kappa shape index (κ2) is 8.66. The highest BCUT2D eigenvalue weighted by Crippen LogP contribution is 2.38. The summed E-state index contributed by atoms with van der Waals surface area (Å²) < 4.78 is 16.0. The Morgan fingerprint density at radius 1 is 0.950 bits per heavy atom. The van der Waals surface area contributed by atoms with Crippen LogP contribution in [0.15, 0.2) is 12.1 Å². The minimum absolute atomic E-state index is 0.512. The average Bonchev–Trinajstić information content (AvgIpc) is 2.45. The predicted octanol–water partition coefficient (Wildman–Crippen LogP) is 1.80. The third kappa shape index (κ3) is 4.90. The quantitative estimate of drug-likeness (QED) is 0.676. The van der Waals surface area contributed by atoms with Crippen molar-refractivity contribution in [3.8, 4) is 17.2 Å². The van der Waals surface area contributed by atoms with Gasteiger partial charge in [-0.2, -0.15) is 0 Å². The Bertz CT molecular complexity index is 383. The number of hydrogen-bond donors (Lipinski definition) is 2. The molecule has 5 heteroatoms. The molecule has 0 radical (unpaired) electrons. The minimum atomic E-state index is 0.512. The average molecular weight is 282 g/mol. The van der Waals surface area contributed by atoms with Crippen LogP contribution in [0.1, 0.15) is 19.4 Å². The van der Waals surface area contributed by atoms with E-state index in [1.807, 2.05) is 12.1 Å². The van der Waals surface area contributed by atoms with E-state index >= 15 is 0 Å². The zero-order valence-corrected chi connectivity index (χ0v) is 13.1. The SMILES string of the molecule is COc1cc(CNCCNC(C)C)cc(OC)c1OC. The van der Waals surface area contributed by atoms with E-state index < -0.39 is 0 Å². The Kier molecular flexibility index (Phi) is 7.18. The predicted molar refractivity (Wildman–Crippen MR) is 80.9 cm³/mol. The molecule has 0 aliphatic carbocycles. The summed E-state index contributed by atoms with van der Waals surface area (Å²) in [6, 6.07) is 4.44. The van der Waals surface area contributed by atoms with Gasteiger partial charge in [0, 0.05) is 25.7 Å². The van der Waals surface area contributed by atoms with Gasteiger partial charge in [0.25, 0.3) is 0 Å². The lowest BCUT2D eigenvalue weighted by Gasteiger charge is -2.14. The second-order valence-electron chi connectivity index (χ2n) is 4.82. The van der Waals surface area contributed by atoms with Crippen LogP contribution in [-0.2, 0) is 6.54 Å². The molecule has 0 aliphatic rings. The molecule has 0 aromatic heterocycles. The van der Waals surface area contributed by atoms with Crippen LogP contribution in [0.5, 0.6) is 17.2 Å². The van der Waals surface area contributed by atoms with E-state index in [0.717, 1.165) is 25.2 Å². The summed E-state index contributed by atoms with van der Waals surface area (Å²) in [5.74, 6) is 1.99. The molecule has 5 nitrogen and oxygen atoms in total. The van der Waals surface area contributed by atoms with E-state index in [2.05, 4.69) is 24.5 Å². The maximum atomic E-state index is 5.33. The molecule has 0 fully saturated rings. The molecule has 1 rings (SSSR count). The second-order valence-corrected chi connectivity index (χ2v) is 4.82. The summed E-state index contributed by atoms with van der Waals surface area (Å²) in [6.07, 6.45) is 0.